The molecular weight excluding hydrogens is 395 g/mol. The van der Waals surface area contributed by atoms with Crippen molar-refractivity contribution >= 4 is 15.9 Å². The molecule has 1 saturated heterocycles. The summed E-state index contributed by atoms with van der Waals surface area (Å²) in [6.45, 7) is 1.13. The van der Waals surface area contributed by atoms with Crippen molar-refractivity contribution < 1.29 is 22.3 Å². The van der Waals surface area contributed by atoms with Gasteiger partial charge in [-0.3, -0.25) is 4.79 Å². The van der Waals surface area contributed by atoms with Gasteiger partial charge in [0.15, 0.2) is 0 Å². The number of hydrogen-bond donors (Lipinski definition) is 1. The summed E-state index contributed by atoms with van der Waals surface area (Å²) >= 11 is 0. The zero-order chi connectivity index (χ0) is 20.9. The van der Waals surface area contributed by atoms with E-state index < -0.39 is 27.7 Å². The minimum absolute atomic E-state index is 0.0501. The molecule has 1 fully saturated rings. The van der Waals surface area contributed by atoms with Crippen molar-refractivity contribution in [2.75, 3.05) is 33.4 Å². The van der Waals surface area contributed by atoms with E-state index in [1.807, 2.05) is 0 Å². The molecular formula is C21H25FN2O4S. The first-order valence-electron chi connectivity index (χ1n) is 9.51. The standard InChI is InChI=1S/C21H25FN2O4S/c1-28-12-6-11-23-21(25)20-15-24(29(26,27)18-9-3-2-4-10-18)14-19(20)16-7-5-8-17(22)13-16/h2-5,7-10,13,19-20H,6,11-12,14-15H2,1H3,(H,23,25). The minimum atomic E-state index is -3.75. The number of rotatable bonds is 8. The highest BCUT2D eigenvalue weighted by Gasteiger charge is 2.43. The van der Waals surface area contributed by atoms with Crippen LogP contribution in [0, 0.1) is 11.7 Å². The van der Waals surface area contributed by atoms with Gasteiger partial charge in [-0.1, -0.05) is 30.3 Å². The molecule has 1 aliphatic rings. The Kier molecular flexibility index (Phi) is 7.00. The van der Waals surface area contributed by atoms with Crippen molar-refractivity contribution in [2.45, 2.75) is 17.2 Å². The molecule has 3 rings (SSSR count). The molecule has 1 amide bonds. The summed E-state index contributed by atoms with van der Waals surface area (Å²) in [5.74, 6) is -1.67. The van der Waals surface area contributed by atoms with E-state index in [0.717, 1.165) is 0 Å². The first-order chi connectivity index (χ1) is 13.9. The van der Waals surface area contributed by atoms with Gasteiger partial charge in [-0.2, -0.15) is 4.31 Å². The summed E-state index contributed by atoms with van der Waals surface area (Å²) in [4.78, 5) is 13.0. The third-order valence-electron chi connectivity index (χ3n) is 5.11. The van der Waals surface area contributed by atoms with Crippen LogP contribution in [-0.2, 0) is 19.6 Å². The second-order valence-corrected chi connectivity index (χ2v) is 8.98. The second kappa shape index (κ2) is 9.47. The molecule has 8 heteroatoms. The average Bonchev–Trinajstić information content (AvgIpc) is 3.18. The van der Waals surface area contributed by atoms with Gasteiger partial charge in [-0.05, 0) is 36.2 Å². The van der Waals surface area contributed by atoms with Crippen molar-refractivity contribution in [1.29, 1.82) is 0 Å². The number of benzene rings is 2. The van der Waals surface area contributed by atoms with Gasteiger partial charge in [0.25, 0.3) is 0 Å². The van der Waals surface area contributed by atoms with Crippen LogP contribution in [0.4, 0.5) is 4.39 Å². The maximum Gasteiger partial charge on any atom is 0.243 e. The Balaban J connectivity index is 1.85. The van der Waals surface area contributed by atoms with Crippen molar-refractivity contribution in [1.82, 2.24) is 9.62 Å². The third kappa shape index (κ3) is 5.01. The van der Waals surface area contributed by atoms with Crippen LogP contribution in [-0.4, -0.2) is 52.0 Å². The maximum atomic E-state index is 13.8. The van der Waals surface area contributed by atoms with Crippen LogP contribution >= 0.6 is 0 Å². The molecule has 1 aliphatic heterocycles. The quantitative estimate of drug-likeness (QED) is 0.666. The van der Waals surface area contributed by atoms with Gasteiger partial charge in [0.2, 0.25) is 15.9 Å². The SMILES string of the molecule is COCCCNC(=O)C1CN(S(=O)(=O)c2ccccc2)CC1c1cccc(F)c1. The number of methoxy groups -OCH3 is 1. The van der Waals surface area contributed by atoms with E-state index in [1.54, 1.807) is 37.4 Å². The summed E-state index contributed by atoms with van der Waals surface area (Å²) in [6.07, 6.45) is 0.658. The Morgan fingerprint density at radius 1 is 1.17 bits per heavy atom. The van der Waals surface area contributed by atoms with Gasteiger partial charge < -0.3 is 10.1 Å². The molecule has 0 aliphatic carbocycles. The summed E-state index contributed by atoms with van der Waals surface area (Å²) in [6, 6.07) is 14.1. The molecule has 0 saturated carbocycles. The number of nitrogens with zero attached hydrogens (tertiary/aromatic N) is 1. The molecule has 1 heterocycles. The number of amides is 1. The lowest BCUT2D eigenvalue weighted by Crippen LogP contribution is -2.36. The van der Waals surface area contributed by atoms with E-state index in [0.29, 0.717) is 25.1 Å². The van der Waals surface area contributed by atoms with Crippen LogP contribution in [0.3, 0.4) is 0 Å². The molecule has 2 aromatic carbocycles. The molecule has 6 nitrogen and oxygen atoms in total. The highest BCUT2D eigenvalue weighted by molar-refractivity contribution is 7.89. The van der Waals surface area contributed by atoms with Gasteiger partial charge >= 0.3 is 0 Å². The highest BCUT2D eigenvalue weighted by Crippen LogP contribution is 2.36. The highest BCUT2D eigenvalue weighted by atomic mass is 32.2. The number of ether oxygens (including phenoxy) is 1. The maximum absolute atomic E-state index is 13.8. The van der Waals surface area contributed by atoms with Gasteiger partial charge in [0.05, 0.1) is 10.8 Å². The Morgan fingerprint density at radius 3 is 2.62 bits per heavy atom. The predicted octanol–water partition coefficient (Wildman–Crippen LogP) is 2.38. The van der Waals surface area contributed by atoms with Crippen LogP contribution in [0.15, 0.2) is 59.5 Å². The largest absolute Gasteiger partial charge is 0.385 e. The van der Waals surface area contributed by atoms with E-state index in [-0.39, 0.29) is 23.9 Å². The van der Waals surface area contributed by atoms with E-state index in [9.17, 15) is 17.6 Å². The monoisotopic (exact) mass is 420 g/mol. The lowest BCUT2D eigenvalue weighted by Gasteiger charge is -2.18. The summed E-state index contributed by atoms with van der Waals surface area (Å²) in [7, 11) is -2.16. The Bertz CT molecular complexity index is 937. The van der Waals surface area contributed by atoms with Crippen molar-refractivity contribution in [3.8, 4) is 0 Å². The van der Waals surface area contributed by atoms with Crippen molar-refractivity contribution in [3.05, 3.63) is 66.0 Å². The Hall–Kier alpha value is -2.29. The molecule has 2 aromatic rings. The number of halogens is 1. The lowest BCUT2D eigenvalue weighted by atomic mass is 9.88. The topological polar surface area (TPSA) is 75.7 Å². The van der Waals surface area contributed by atoms with Crippen molar-refractivity contribution in [3.63, 3.8) is 0 Å². The first kappa shape index (κ1) is 21.4. The summed E-state index contributed by atoms with van der Waals surface area (Å²) < 4.78 is 46.2. The molecule has 0 spiro atoms. The molecule has 1 N–H and O–H groups in total. The lowest BCUT2D eigenvalue weighted by molar-refractivity contribution is -0.124. The van der Waals surface area contributed by atoms with Crippen LogP contribution < -0.4 is 5.32 Å². The molecule has 0 aromatic heterocycles. The molecule has 156 valence electrons. The normalized spacial score (nSPS) is 19.9. The molecule has 2 unspecified atom stereocenters. The van der Waals surface area contributed by atoms with E-state index in [1.165, 1.54) is 28.6 Å². The van der Waals surface area contributed by atoms with E-state index in [4.69, 9.17) is 4.74 Å². The molecule has 29 heavy (non-hydrogen) atoms. The predicted molar refractivity (Wildman–Crippen MR) is 107 cm³/mol. The summed E-state index contributed by atoms with van der Waals surface area (Å²) in [5, 5.41) is 2.85. The number of nitrogens with one attached hydrogen (secondary N) is 1. The Morgan fingerprint density at radius 2 is 1.93 bits per heavy atom. The number of hydrogen-bond acceptors (Lipinski definition) is 4. The van der Waals surface area contributed by atoms with Crippen LogP contribution in [0.25, 0.3) is 0 Å². The number of carbonyl (C=O) groups excluding carboxylic acids is 1. The minimum Gasteiger partial charge on any atom is -0.385 e. The third-order valence-corrected chi connectivity index (χ3v) is 6.95. The summed E-state index contributed by atoms with van der Waals surface area (Å²) in [5.41, 5.74) is 0.618. The average molecular weight is 421 g/mol. The number of sulfonamides is 1. The zero-order valence-electron chi connectivity index (χ0n) is 16.3. The van der Waals surface area contributed by atoms with Gasteiger partial charge in [-0.15, -0.1) is 0 Å². The van der Waals surface area contributed by atoms with Crippen LogP contribution in [0.2, 0.25) is 0 Å². The smallest absolute Gasteiger partial charge is 0.243 e. The van der Waals surface area contributed by atoms with Gasteiger partial charge in [0.1, 0.15) is 5.82 Å². The van der Waals surface area contributed by atoms with Gasteiger partial charge in [-0.25, -0.2) is 12.8 Å². The Labute approximate surface area is 170 Å². The fraction of sp³-hybridized carbons (Fsp3) is 0.381. The zero-order valence-corrected chi connectivity index (χ0v) is 17.1. The fourth-order valence-corrected chi connectivity index (χ4v) is 5.12. The second-order valence-electron chi connectivity index (χ2n) is 7.04. The molecule has 2 atom stereocenters. The van der Waals surface area contributed by atoms with E-state index in [2.05, 4.69) is 5.32 Å². The molecule has 0 radical (unpaired) electrons. The first-order valence-corrected chi connectivity index (χ1v) is 10.9. The molecule has 0 bridgehead atoms. The van der Waals surface area contributed by atoms with Crippen LogP contribution in [0.5, 0.6) is 0 Å². The van der Waals surface area contributed by atoms with Gasteiger partial charge in [0, 0.05) is 39.3 Å². The van der Waals surface area contributed by atoms with Crippen LogP contribution in [0.1, 0.15) is 17.9 Å². The number of carbonyl (C=O) groups is 1. The van der Waals surface area contributed by atoms with E-state index >= 15 is 0 Å². The van der Waals surface area contributed by atoms with Crippen molar-refractivity contribution in [2.24, 2.45) is 5.92 Å². The fourth-order valence-electron chi connectivity index (χ4n) is 3.61.